The van der Waals surface area contributed by atoms with E-state index < -0.39 is 21.8 Å². The number of carbonyl (C=O) groups excluding carboxylic acids is 2. The molecule has 12 heteroatoms. The number of para-hydroxylation sites is 2. The zero-order chi connectivity index (χ0) is 24.5. The van der Waals surface area contributed by atoms with Crippen LogP contribution in [0.2, 0.25) is 0 Å². The highest BCUT2D eigenvalue weighted by Crippen LogP contribution is 2.32. The lowest BCUT2D eigenvalue weighted by Gasteiger charge is -2.35. The summed E-state index contributed by atoms with van der Waals surface area (Å²) in [5.74, 6) is -0.0768. The van der Waals surface area contributed by atoms with Gasteiger partial charge in [-0.3, -0.25) is 14.5 Å². The number of fused-ring (bicyclic) bond motifs is 1. The summed E-state index contributed by atoms with van der Waals surface area (Å²) < 4.78 is 70.7. The van der Waals surface area contributed by atoms with E-state index in [1.54, 1.807) is 24.3 Å². The Morgan fingerprint density at radius 2 is 1.62 bits per heavy atom. The normalized spacial score (nSPS) is 17.7. The predicted octanol–water partition coefficient (Wildman–Crippen LogP) is 2.35. The first-order valence-corrected chi connectivity index (χ1v) is 12.0. The Kier molecular flexibility index (Phi) is 6.54. The summed E-state index contributed by atoms with van der Waals surface area (Å²) in [5.41, 5.74) is -0.432. The Bertz CT molecular complexity index is 1180. The van der Waals surface area contributed by atoms with E-state index in [-0.39, 0.29) is 62.5 Å². The van der Waals surface area contributed by atoms with Crippen molar-refractivity contribution in [1.82, 2.24) is 9.21 Å². The van der Waals surface area contributed by atoms with Gasteiger partial charge in [-0.05, 0) is 36.4 Å². The SMILES string of the molecule is O=C(CN1C(=O)CCOc2ccccc21)N1CCN(S(=O)(=O)c2ccc(C(F)(F)F)cc2)CC1. The number of ether oxygens (including phenoxy) is 1. The molecule has 34 heavy (non-hydrogen) atoms. The summed E-state index contributed by atoms with van der Waals surface area (Å²) in [6.07, 6.45) is -4.43. The van der Waals surface area contributed by atoms with Crippen molar-refractivity contribution in [1.29, 1.82) is 0 Å². The summed E-state index contributed by atoms with van der Waals surface area (Å²) in [7, 11) is -4.01. The van der Waals surface area contributed by atoms with E-state index in [2.05, 4.69) is 0 Å². The van der Waals surface area contributed by atoms with Gasteiger partial charge in [0.25, 0.3) is 0 Å². The minimum absolute atomic E-state index is 0.0112. The average molecular weight is 497 g/mol. The number of hydrogen-bond acceptors (Lipinski definition) is 5. The fourth-order valence-electron chi connectivity index (χ4n) is 3.87. The number of benzene rings is 2. The molecule has 4 rings (SSSR count). The van der Waals surface area contributed by atoms with Gasteiger partial charge in [-0.15, -0.1) is 0 Å². The molecule has 0 bridgehead atoms. The van der Waals surface area contributed by atoms with Crippen molar-refractivity contribution in [3.05, 3.63) is 54.1 Å². The highest BCUT2D eigenvalue weighted by atomic mass is 32.2. The van der Waals surface area contributed by atoms with E-state index in [4.69, 9.17) is 4.74 Å². The molecule has 0 radical (unpaired) electrons. The third kappa shape index (κ3) is 4.87. The molecule has 0 N–H and O–H groups in total. The van der Waals surface area contributed by atoms with Crippen LogP contribution < -0.4 is 9.64 Å². The first-order valence-electron chi connectivity index (χ1n) is 10.5. The lowest BCUT2D eigenvalue weighted by molar-refractivity contribution is -0.137. The Hall–Kier alpha value is -3.12. The van der Waals surface area contributed by atoms with Crippen molar-refractivity contribution in [2.24, 2.45) is 0 Å². The second-order valence-corrected chi connectivity index (χ2v) is 9.79. The number of nitrogens with zero attached hydrogens (tertiary/aromatic N) is 3. The molecular formula is C22H22F3N3O5S. The third-order valence-corrected chi connectivity index (χ3v) is 7.65. The smallest absolute Gasteiger partial charge is 0.416 e. The van der Waals surface area contributed by atoms with Crippen LogP contribution in [-0.2, 0) is 25.8 Å². The molecule has 1 fully saturated rings. The van der Waals surface area contributed by atoms with Crippen molar-refractivity contribution >= 4 is 27.5 Å². The minimum Gasteiger partial charge on any atom is -0.491 e. The monoisotopic (exact) mass is 497 g/mol. The number of rotatable bonds is 4. The molecular weight excluding hydrogens is 475 g/mol. The van der Waals surface area contributed by atoms with Gasteiger partial charge in [-0.1, -0.05) is 12.1 Å². The van der Waals surface area contributed by atoms with Crippen molar-refractivity contribution in [3.8, 4) is 5.75 Å². The lowest BCUT2D eigenvalue weighted by atomic mass is 10.2. The highest BCUT2D eigenvalue weighted by Gasteiger charge is 2.34. The number of piperazine rings is 1. The quantitative estimate of drug-likeness (QED) is 0.647. The van der Waals surface area contributed by atoms with Crippen LogP contribution in [0.1, 0.15) is 12.0 Å². The summed E-state index contributed by atoms with van der Waals surface area (Å²) >= 11 is 0. The molecule has 0 atom stereocenters. The Morgan fingerprint density at radius 1 is 0.971 bits per heavy atom. The fraction of sp³-hybridized carbons (Fsp3) is 0.364. The van der Waals surface area contributed by atoms with E-state index in [9.17, 15) is 31.2 Å². The maximum Gasteiger partial charge on any atom is 0.416 e. The van der Waals surface area contributed by atoms with Crippen LogP contribution in [0.4, 0.5) is 18.9 Å². The predicted molar refractivity (Wildman–Crippen MR) is 116 cm³/mol. The van der Waals surface area contributed by atoms with Crippen LogP contribution >= 0.6 is 0 Å². The first-order chi connectivity index (χ1) is 16.1. The summed E-state index contributed by atoms with van der Waals surface area (Å²) in [5, 5.41) is 0. The Labute approximate surface area is 194 Å². The van der Waals surface area contributed by atoms with Gasteiger partial charge in [0.2, 0.25) is 21.8 Å². The fourth-order valence-corrected chi connectivity index (χ4v) is 5.29. The van der Waals surface area contributed by atoms with Gasteiger partial charge in [0, 0.05) is 26.2 Å². The molecule has 0 saturated carbocycles. The number of anilines is 1. The molecule has 182 valence electrons. The second kappa shape index (κ2) is 9.26. The van der Waals surface area contributed by atoms with Crippen molar-refractivity contribution < 1.29 is 35.9 Å². The van der Waals surface area contributed by atoms with E-state index in [0.29, 0.717) is 11.4 Å². The molecule has 2 heterocycles. The topological polar surface area (TPSA) is 87.2 Å². The van der Waals surface area contributed by atoms with E-state index >= 15 is 0 Å². The number of carbonyl (C=O) groups is 2. The maximum absolute atomic E-state index is 12.9. The van der Waals surface area contributed by atoms with E-state index in [1.807, 2.05) is 0 Å². The van der Waals surface area contributed by atoms with Gasteiger partial charge in [0.1, 0.15) is 12.3 Å². The van der Waals surface area contributed by atoms with Crippen LogP contribution in [0.15, 0.2) is 53.4 Å². The zero-order valence-electron chi connectivity index (χ0n) is 18.0. The van der Waals surface area contributed by atoms with Crippen molar-refractivity contribution in [3.63, 3.8) is 0 Å². The van der Waals surface area contributed by atoms with E-state index in [0.717, 1.165) is 28.6 Å². The first kappa shape index (κ1) is 24.0. The summed E-state index contributed by atoms with van der Waals surface area (Å²) in [6.45, 7) is 0.176. The number of alkyl halides is 3. The van der Waals surface area contributed by atoms with Gasteiger partial charge in [-0.2, -0.15) is 17.5 Å². The van der Waals surface area contributed by atoms with Crippen LogP contribution in [0.3, 0.4) is 0 Å². The number of sulfonamides is 1. The molecule has 2 aliphatic rings. The Balaban J connectivity index is 1.41. The zero-order valence-corrected chi connectivity index (χ0v) is 18.8. The van der Waals surface area contributed by atoms with Crippen molar-refractivity contribution in [2.45, 2.75) is 17.5 Å². The molecule has 0 unspecified atom stereocenters. The largest absolute Gasteiger partial charge is 0.491 e. The van der Waals surface area contributed by atoms with Gasteiger partial charge in [-0.25, -0.2) is 8.42 Å². The maximum atomic E-state index is 12.9. The van der Waals surface area contributed by atoms with Gasteiger partial charge >= 0.3 is 6.18 Å². The van der Waals surface area contributed by atoms with E-state index in [1.165, 1.54) is 9.80 Å². The van der Waals surface area contributed by atoms with Crippen LogP contribution in [0.25, 0.3) is 0 Å². The molecule has 2 amide bonds. The van der Waals surface area contributed by atoms with Crippen molar-refractivity contribution in [2.75, 3.05) is 44.2 Å². The second-order valence-electron chi connectivity index (χ2n) is 7.85. The molecule has 1 saturated heterocycles. The molecule has 2 aromatic rings. The van der Waals surface area contributed by atoms with Gasteiger partial charge in [0.05, 0.1) is 29.2 Å². The lowest BCUT2D eigenvalue weighted by Crippen LogP contribution is -2.53. The highest BCUT2D eigenvalue weighted by molar-refractivity contribution is 7.89. The molecule has 8 nitrogen and oxygen atoms in total. The number of hydrogen-bond donors (Lipinski definition) is 0. The Morgan fingerprint density at radius 3 is 2.26 bits per heavy atom. The van der Waals surface area contributed by atoms with Crippen LogP contribution in [0, 0.1) is 0 Å². The molecule has 0 aliphatic carbocycles. The van der Waals surface area contributed by atoms with Crippen LogP contribution in [0.5, 0.6) is 5.75 Å². The minimum atomic E-state index is -4.56. The number of halogens is 3. The van der Waals surface area contributed by atoms with Crippen LogP contribution in [-0.4, -0.2) is 68.8 Å². The molecule has 2 aromatic carbocycles. The third-order valence-electron chi connectivity index (χ3n) is 5.73. The average Bonchev–Trinajstić information content (AvgIpc) is 2.97. The summed E-state index contributed by atoms with van der Waals surface area (Å²) in [4.78, 5) is 28.0. The molecule has 0 aromatic heterocycles. The molecule has 2 aliphatic heterocycles. The van der Waals surface area contributed by atoms with Gasteiger partial charge < -0.3 is 9.64 Å². The summed E-state index contributed by atoms with van der Waals surface area (Å²) in [6, 6.07) is 10.2. The number of amides is 2. The molecule has 0 spiro atoms. The standard InChI is InChI=1S/C22H22F3N3O5S/c23-22(24,25)16-5-7-17(8-6-16)34(31,32)27-12-10-26(11-13-27)21(30)15-28-18-3-1-2-4-19(18)33-14-9-20(28)29/h1-8H,9-15H2. The van der Waals surface area contributed by atoms with Gasteiger partial charge in [0.15, 0.2) is 0 Å².